The molecule has 190 valence electrons. The van der Waals surface area contributed by atoms with Gasteiger partial charge in [0.25, 0.3) is 0 Å². The van der Waals surface area contributed by atoms with Crippen LogP contribution in [-0.4, -0.2) is 66.8 Å². The number of benzene rings is 1. The molecule has 0 spiro atoms. The lowest BCUT2D eigenvalue weighted by atomic mass is 10.1. The number of carbonyl (C=O) groups is 1. The van der Waals surface area contributed by atoms with Crippen LogP contribution in [0, 0.1) is 18.7 Å². The second-order valence-electron chi connectivity index (χ2n) is 9.89. The number of fused-ring (bicyclic) bond motifs is 1. The number of carbonyl (C=O) groups excluding carboxylic acids is 1. The van der Waals surface area contributed by atoms with Gasteiger partial charge in [-0.15, -0.1) is 0 Å². The van der Waals surface area contributed by atoms with E-state index in [1.807, 2.05) is 24.0 Å². The molecule has 0 radical (unpaired) electrons. The molecule has 6 rings (SSSR count). The maximum absolute atomic E-state index is 14.8. The van der Waals surface area contributed by atoms with E-state index in [0.29, 0.717) is 40.0 Å². The highest BCUT2D eigenvalue weighted by Gasteiger charge is 2.35. The highest BCUT2D eigenvalue weighted by Crippen LogP contribution is 2.32. The third-order valence-electron chi connectivity index (χ3n) is 7.26. The molecule has 1 saturated heterocycles. The number of nitrogens with zero attached hydrogens (tertiary/aromatic N) is 6. The van der Waals surface area contributed by atoms with Crippen LogP contribution in [0.25, 0.3) is 22.3 Å². The van der Waals surface area contributed by atoms with Gasteiger partial charge in [0, 0.05) is 61.7 Å². The average Bonchev–Trinajstić information content (AvgIpc) is 3.68. The van der Waals surface area contributed by atoms with Crippen LogP contribution in [0.4, 0.5) is 16.2 Å². The molecule has 1 aliphatic carbocycles. The Kier molecular flexibility index (Phi) is 6.03. The standard InChI is InChI=1S/C27H29FN8O/c1-16-11-22(31-15-30-16)20-13-23-24(14-21(20)28)33-27(32-23)34-25-12-19(5-6-29-25)17(2)35-7-9-36(10-8-35)26(37)18-3-4-18/h5-6,11-15,17-18H,3-4,7-10H2,1-2H3,(H2,29,32,33,34). The summed E-state index contributed by atoms with van der Waals surface area (Å²) in [7, 11) is 0. The van der Waals surface area contributed by atoms with Crippen LogP contribution < -0.4 is 5.32 Å². The fraction of sp³-hybridized carbons (Fsp3) is 0.370. The summed E-state index contributed by atoms with van der Waals surface area (Å²) >= 11 is 0. The number of halogens is 1. The third-order valence-corrected chi connectivity index (χ3v) is 7.26. The van der Waals surface area contributed by atoms with Gasteiger partial charge in [0.05, 0.1) is 16.7 Å². The van der Waals surface area contributed by atoms with Crippen molar-refractivity contribution >= 4 is 28.7 Å². The van der Waals surface area contributed by atoms with Crippen LogP contribution in [0.1, 0.15) is 37.1 Å². The lowest BCUT2D eigenvalue weighted by Gasteiger charge is -2.38. The highest BCUT2D eigenvalue weighted by molar-refractivity contribution is 5.84. The zero-order valence-electron chi connectivity index (χ0n) is 20.9. The number of aromatic nitrogens is 5. The van der Waals surface area contributed by atoms with Crippen molar-refractivity contribution in [1.82, 2.24) is 34.7 Å². The van der Waals surface area contributed by atoms with Crippen molar-refractivity contribution in [2.75, 3.05) is 31.5 Å². The van der Waals surface area contributed by atoms with Gasteiger partial charge in [0.1, 0.15) is 18.0 Å². The predicted molar refractivity (Wildman–Crippen MR) is 139 cm³/mol. The molecule has 37 heavy (non-hydrogen) atoms. The summed E-state index contributed by atoms with van der Waals surface area (Å²) in [6.07, 6.45) is 5.30. The van der Waals surface area contributed by atoms with Gasteiger partial charge < -0.3 is 15.2 Å². The summed E-state index contributed by atoms with van der Waals surface area (Å²) in [5.74, 6) is 1.35. The van der Waals surface area contributed by atoms with Crippen molar-refractivity contribution in [3.63, 3.8) is 0 Å². The number of H-pyrrole nitrogens is 1. The van der Waals surface area contributed by atoms with Gasteiger partial charge in [-0.25, -0.2) is 24.3 Å². The number of piperazine rings is 1. The minimum atomic E-state index is -0.381. The van der Waals surface area contributed by atoms with Crippen molar-refractivity contribution in [2.45, 2.75) is 32.7 Å². The first-order valence-corrected chi connectivity index (χ1v) is 12.7. The Bertz CT molecular complexity index is 1460. The van der Waals surface area contributed by atoms with Crippen molar-refractivity contribution in [2.24, 2.45) is 5.92 Å². The zero-order chi connectivity index (χ0) is 25.5. The molecule has 1 unspecified atom stereocenters. The number of aryl methyl sites for hydroxylation is 1. The van der Waals surface area contributed by atoms with Crippen LogP contribution in [0.15, 0.2) is 42.9 Å². The van der Waals surface area contributed by atoms with E-state index in [1.54, 1.807) is 18.3 Å². The molecule has 4 heterocycles. The molecule has 2 fully saturated rings. The number of amides is 1. The molecule has 1 saturated carbocycles. The van der Waals surface area contributed by atoms with Crippen LogP contribution in [0.3, 0.4) is 0 Å². The monoisotopic (exact) mass is 500 g/mol. The fourth-order valence-electron chi connectivity index (χ4n) is 4.91. The largest absolute Gasteiger partial charge is 0.340 e. The van der Waals surface area contributed by atoms with E-state index in [-0.39, 0.29) is 17.8 Å². The van der Waals surface area contributed by atoms with Gasteiger partial charge in [-0.05, 0) is 56.5 Å². The van der Waals surface area contributed by atoms with Crippen molar-refractivity contribution < 1.29 is 9.18 Å². The molecule has 4 aromatic rings. The van der Waals surface area contributed by atoms with Crippen molar-refractivity contribution in [1.29, 1.82) is 0 Å². The summed E-state index contributed by atoms with van der Waals surface area (Å²) in [6, 6.07) is 9.08. The summed E-state index contributed by atoms with van der Waals surface area (Å²) in [5.41, 5.74) is 4.00. The van der Waals surface area contributed by atoms with Crippen molar-refractivity contribution in [3.8, 4) is 11.3 Å². The van der Waals surface area contributed by atoms with Crippen LogP contribution in [0.5, 0.6) is 0 Å². The molecule has 1 amide bonds. The molecular weight excluding hydrogens is 471 g/mol. The number of aromatic amines is 1. The van der Waals surface area contributed by atoms with E-state index in [9.17, 15) is 9.18 Å². The Hall–Kier alpha value is -3.92. The van der Waals surface area contributed by atoms with E-state index in [1.165, 1.54) is 12.4 Å². The number of pyridine rings is 1. The number of nitrogens with one attached hydrogen (secondary N) is 2. The number of anilines is 2. The van der Waals surface area contributed by atoms with Gasteiger partial charge >= 0.3 is 0 Å². The Morgan fingerprint density at radius 3 is 2.68 bits per heavy atom. The Balaban J connectivity index is 1.16. The van der Waals surface area contributed by atoms with E-state index >= 15 is 0 Å². The van der Waals surface area contributed by atoms with Crippen LogP contribution in [-0.2, 0) is 4.79 Å². The Morgan fingerprint density at radius 2 is 1.92 bits per heavy atom. The summed E-state index contributed by atoms with van der Waals surface area (Å²) in [4.78, 5) is 37.3. The van der Waals surface area contributed by atoms with Gasteiger partial charge in [-0.1, -0.05) is 0 Å². The number of rotatable bonds is 6. The quantitative estimate of drug-likeness (QED) is 0.409. The highest BCUT2D eigenvalue weighted by atomic mass is 19.1. The first kappa shape index (κ1) is 23.5. The van der Waals surface area contributed by atoms with Crippen LogP contribution >= 0.6 is 0 Å². The molecular formula is C27H29FN8O. The first-order chi connectivity index (χ1) is 17.9. The lowest BCUT2D eigenvalue weighted by molar-refractivity contribution is -0.134. The second-order valence-corrected chi connectivity index (χ2v) is 9.89. The SMILES string of the molecule is Cc1cc(-c2cc3nc(Nc4cc(C(C)N5CCN(C(=O)C6CC6)CC5)ccn4)[nH]c3cc2F)ncn1. The van der Waals surface area contributed by atoms with Gasteiger partial charge in [0.2, 0.25) is 11.9 Å². The summed E-state index contributed by atoms with van der Waals surface area (Å²) in [5, 5.41) is 3.22. The minimum absolute atomic E-state index is 0.186. The van der Waals surface area contributed by atoms with E-state index in [0.717, 1.165) is 50.3 Å². The molecule has 2 N–H and O–H groups in total. The molecule has 1 aliphatic heterocycles. The predicted octanol–water partition coefficient (Wildman–Crippen LogP) is 4.22. The topological polar surface area (TPSA) is 103 Å². The minimum Gasteiger partial charge on any atom is -0.340 e. The molecule has 2 aliphatic rings. The van der Waals surface area contributed by atoms with E-state index in [2.05, 4.69) is 42.1 Å². The Labute approximate surface area is 214 Å². The van der Waals surface area contributed by atoms with Gasteiger partial charge in [0.15, 0.2) is 0 Å². The zero-order valence-corrected chi connectivity index (χ0v) is 20.9. The van der Waals surface area contributed by atoms with Crippen LogP contribution in [0.2, 0.25) is 0 Å². The van der Waals surface area contributed by atoms with E-state index < -0.39 is 0 Å². The Morgan fingerprint density at radius 1 is 1.11 bits per heavy atom. The first-order valence-electron chi connectivity index (χ1n) is 12.7. The number of hydrogen-bond donors (Lipinski definition) is 2. The smallest absolute Gasteiger partial charge is 0.225 e. The lowest BCUT2D eigenvalue weighted by Crippen LogP contribution is -2.49. The number of hydrogen-bond acceptors (Lipinski definition) is 7. The average molecular weight is 501 g/mol. The maximum atomic E-state index is 14.8. The molecule has 3 aromatic heterocycles. The molecule has 9 nitrogen and oxygen atoms in total. The van der Waals surface area contributed by atoms with Gasteiger partial charge in [-0.3, -0.25) is 9.69 Å². The molecule has 1 aromatic carbocycles. The van der Waals surface area contributed by atoms with Gasteiger partial charge in [-0.2, -0.15) is 0 Å². The normalized spacial score (nSPS) is 17.2. The summed E-state index contributed by atoms with van der Waals surface area (Å²) < 4.78 is 14.8. The summed E-state index contributed by atoms with van der Waals surface area (Å²) in [6.45, 7) is 7.29. The maximum Gasteiger partial charge on any atom is 0.225 e. The number of imidazole rings is 1. The molecule has 0 bridgehead atoms. The second kappa shape index (κ2) is 9.51. The van der Waals surface area contributed by atoms with E-state index in [4.69, 9.17) is 0 Å². The molecule has 1 atom stereocenters. The fourth-order valence-corrected chi connectivity index (χ4v) is 4.91. The molecule has 10 heteroatoms. The van der Waals surface area contributed by atoms with Crippen molar-refractivity contribution in [3.05, 3.63) is 59.9 Å². The third kappa shape index (κ3) is 4.89.